The van der Waals surface area contributed by atoms with E-state index in [0.717, 1.165) is 25.9 Å². The van der Waals surface area contributed by atoms with Crippen molar-refractivity contribution in [2.75, 3.05) is 13.1 Å². The number of carbonyl (C=O) groups excluding carboxylic acids is 1. The maximum absolute atomic E-state index is 11.9. The minimum absolute atomic E-state index is 0.403. The van der Waals surface area contributed by atoms with Crippen molar-refractivity contribution in [1.82, 2.24) is 4.90 Å². The highest BCUT2D eigenvalue weighted by atomic mass is 16.2. The van der Waals surface area contributed by atoms with Gasteiger partial charge in [0.05, 0.1) is 0 Å². The Labute approximate surface area is 139 Å². The number of rotatable bonds is 14. The van der Waals surface area contributed by atoms with Crippen molar-refractivity contribution in [1.29, 1.82) is 0 Å². The van der Waals surface area contributed by atoms with Gasteiger partial charge >= 0.3 is 0 Å². The molecule has 1 heterocycles. The molecule has 0 radical (unpaired) electrons. The Hall–Kier alpha value is -0.530. The van der Waals surface area contributed by atoms with Gasteiger partial charge in [0, 0.05) is 19.5 Å². The highest BCUT2D eigenvalue weighted by Gasteiger charge is 2.16. The van der Waals surface area contributed by atoms with Crippen molar-refractivity contribution >= 4 is 5.91 Å². The zero-order valence-electron chi connectivity index (χ0n) is 15.1. The molecular formula is C20H39NO. The van der Waals surface area contributed by atoms with E-state index >= 15 is 0 Å². The van der Waals surface area contributed by atoms with E-state index in [1.807, 2.05) is 0 Å². The first-order valence-electron chi connectivity index (χ1n) is 10.1. The van der Waals surface area contributed by atoms with Gasteiger partial charge in [0.25, 0.3) is 0 Å². The smallest absolute Gasteiger partial charge is 0.222 e. The zero-order chi connectivity index (χ0) is 15.9. The lowest BCUT2D eigenvalue weighted by molar-refractivity contribution is -0.130. The van der Waals surface area contributed by atoms with Gasteiger partial charge in [-0.25, -0.2) is 0 Å². The fraction of sp³-hybridized carbons (Fsp3) is 0.950. The van der Waals surface area contributed by atoms with Crippen LogP contribution >= 0.6 is 0 Å². The molecule has 1 amide bonds. The summed E-state index contributed by atoms with van der Waals surface area (Å²) < 4.78 is 0. The molecule has 2 heteroatoms. The molecule has 0 unspecified atom stereocenters. The van der Waals surface area contributed by atoms with Crippen LogP contribution in [0.25, 0.3) is 0 Å². The van der Waals surface area contributed by atoms with E-state index in [1.165, 1.54) is 89.9 Å². The number of hydrogen-bond acceptors (Lipinski definition) is 1. The topological polar surface area (TPSA) is 20.3 Å². The highest BCUT2D eigenvalue weighted by molar-refractivity contribution is 5.76. The highest BCUT2D eigenvalue weighted by Crippen LogP contribution is 2.14. The van der Waals surface area contributed by atoms with Crippen LogP contribution in [0, 0.1) is 0 Å². The molecule has 1 aliphatic rings. The third kappa shape index (κ3) is 10.2. The first-order valence-corrected chi connectivity index (χ1v) is 10.1. The summed E-state index contributed by atoms with van der Waals surface area (Å²) in [5, 5.41) is 0. The second kappa shape index (κ2) is 14.1. The van der Waals surface area contributed by atoms with Gasteiger partial charge in [-0.2, -0.15) is 0 Å². The number of nitrogens with zero attached hydrogens (tertiary/aromatic N) is 1. The first kappa shape index (κ1) is 19.5. The van der Waals surface area contributed by atoms with E-state index in [-0.39, 0.29) is 0 Å². The van der Waals surface area contributed by atoms with E-state index in [0.29, 0.717) is 5.91 Å². The van der Waals surface area contributed by atoms with Gasteiger partial charge in [0.15, 0.2) is 0 Å². The summed E-state index contributed by atoms with van der Waals surface area (Å²) in [6.45, 7) is 4.30. The van der Waals surface area contributed by atoms with Crippen LogP contribution in [0.15, 0.2) is 0 Å². The van der Waals surface area contributed by atoms with Crippen molar-refractivity contribution < 1.29 is 4.79 Å². The molecule has 0 aromatic heterocycles. The Kier molecular flexibility index (Phi) is 12.5. The lowest BCUT2D eigenvalue weighted by Crippen LogP contribution is -2.27. The summed E-state index contributed by atoms with van der Waals surface area (Å²) >= 11 is 0. The summed E-state index contributed by atoms with van der Waals surface area (Å²) in [6, 6.07) is 0. The fourth-order valence-electron chi connectivity index (χ4n) is 3.42. The van der Waals surface area contributed by atoms with Crippen LogP contribution < -0.4 is 0 Å². The Morgan fingerprint density at radius 3 is 1.55 bits per heavy atom. The molecule has 0 saturated carbocycles. The standard InChI is InChI=1S/C20H39NO/c1-2-3-4-5-6-7-8-9-10-11-12-13-14-17-20(22)21-18-15-16-19-21/h2-19H2,1H3. The van der Waals surface area contributed by atoms with Gasteiger partial charge in [-0.15, -0.1) is 0 Å². The lowest BCUT2D eigenvalue weighted by Gasteiger charge is -2.14. The minimum Gasteiger partial charge on any atom is -0.343 e. The van der Waals surface area contributed by atoms with E-state index in [4.69, 9.17) is 0 Å². The molecule has 1 rings (SSSR count). The molecule has 0 aromatic carbocycles. The van der Waals surface area contributed by atoms with Crippen molar-refractivity contribution in [2.45, 2.75) is 110 Å². The third-order valence-electron chi connectivity index (χ3n) is 4.95. The van der Waals surface area contributed by atoms with Crippen molar-refractivity contribution in [3.63, 3.8) is 0 Å². The molecule has 1 fully saturated rings. The molecule has 0 aliphatic carbocycles. The Morgan fingerprint density at radius 2 is 1.09 bits per heavy atom. The number of hydrogen-bond donors (Lipinski definition) is 0. The predicted molar refractivity (Wildman–Crippen MR) is 96.1 cm³/mol. The quantitative estimate of drug-likeness (QED) is 0.355. The molecule has 0 aromatic rings. The molecular weight excluding hydrogens is 270 g/mol. The van der Waals surface area contributed by atoms with Gasteiger partial charge in [0.1, 0.15) is 0 Å². The number of unbranched alkanes of at least 4 members (excludes halogenated alkanes) is 12. The summed E-state index contributed by atoms with van der Waals surface area (Å²) in [5.74, 6) is 0.403. The van der Waals surface area contributed by atoms with Crippen molar-refractivity contribution in [3.8, 4) is 0 Å². The second-order valence-corrected chi connectivity index (χ2v) is 7.08. The van der Waals surface area contributed by atoms with Crippen LogP contribution in [-0.4, -0.2) is 23.9 Å². The monoisotopic (exact) mass is 309 g/mol. The fourth-order valence-corrected chi connectivity index (χ4v) is 3.42. The normalized spacial score (nSPS) is 14.7. The van der Waals surface area contributed by atoms with Crippen LogP contribution in [0.5, 0.6) is 0 Å². The van der Waals surface area contributed by atoms with Crippen molar-refractivity contribution in [3.05, 3.63) is 0 Å². The average Bonchev–Trinajstić information content (AvgIpc) is 3.06. The summed E-state index contributed by atoms with van der Waals surface area (Å²) in [6.07, 6.45) is 21.0. The van der Waals surface area contributed by atoms with E-state index in [9.17, 15) is 4.79 Å². The van der Waals surface area contributed by atoms with Gasteiger partial charge in [-0.05, 0) is 19.3 Å². The maximum atomic E-state index is 11.9. The molecule has 1 saturated heterocycles. The summed E-state index contributed by atoms with van der Waals surface area (Å²) in [7, 11) is 0. The van der Waals surface area contributed by atoms with Crippen LogP contribution in [0.2, 0.25) is 0 Å². The molecule has 2 nitrogen and oxygen atoms in total. The van der Waals surface area contributed by atoms with Crippen LogP contribution in [0.1, 0.15) is 110 Å². The Morgan fingerprint density at radius 1 is 0.682 bits per heavy atom. The van der Waals surface area contributed by atoms with Gasteiger partial charge in [-0.3, -0.25) is 4.79 Å². The first-order chi connectivity index (χ1) is 10.8. The second-order valence-electron chi connectivity index (χ2n) is 7.08. The maximum Gasteiger partial charge on any atom is 0.222 e. The van der Waals surface area contributed by atoms with Crippen LogP contribution in [0.4, 0.5) is 0 Å². The van der Waals surface area contributed by atoms with Crippen molar-refractivity contribution in [2.24, 2.45) is 0 Å². The summed E-state index contributed by atoms with van der Waals surface area (Å²) in [4.78, 5) is 13.9. The van der Waals surface area contributed by atoms with Crippen LogP contribution in [0.3, 0.4) is 0 Å². The van der Waals surface area contributed by atoms with E-state index in [1.54, 1.807) is 0 Å². The zero-order valence-corrected chi connectivity index (χ0v) is 15.1. The molecule has 0 N–H and O–H groups in total. The van der Waals surface area contributed by atoms with Crippen LogP contribution in [-0.2, 0) is 4.79 Å². The molecule has 0 bridgehead atoms. The molecule has 130 valence electrons. The molecule has 22 heavy (non-hydrogen) atoms. The minimum atomic E-state index is 0.403. The molecule has 0 spiro atoms. The lowest BCUT2D eigenvalue weighted by atomic mass is 10.0. The molecule has 0 atom stereocenters. The Bertz CT molecular complexity index is 258. The molecule has 1 aliphatic heterocycles. The third-order valence-corrected chi connectivity index (χ3v) is 4.95. The SMILES string of the molecule is CCCCCCCCCCCCCCCC(=O)N1CCCC1. The van der Waals surface area contributed by atoms with Gasteiger partial charge < -0.3 is 4.90 Å². The summed E-state index contributed by atoms with van der Waals surface area (Å²) in [5.41, 5.74) is 0. The van der Waals surface area contributed by atoms with E-state index < -0.39 is 0 Å². The van der Waals surface area contributed by atoms with E-state index in [2.05, 4.69) is 11.8 Å². The number of likely N-dealkylation sites (tertiary alicyclic amines) is 1. The average molecular weight is 310 g/mol. The number of carbonyl (C=O) groups is 1. The van der Waals surface area contributed by atoms with Gasteiger partial charge in [-0.1, -0.05) is 84.0 Å². The largest absolute Gasteiger partial charge is 0.343 e. The predicted octanol–water partition coefficient (Wildman–Crippen LogP) is 6.09. The van der Waals surface area contributed by atoms with Gasteiger partial charge in [0.2, 0.25) is 5.91 Å². The number of amides is 1. The Balaban J connectivity index is 1.73.